The van der Waals surface area contributed by atoms with Crippen LogP contribution in [-0.4, -0.2) is 11.6 Å². The third-order valence-electron chi connectivity index (χ3n) is 6.71. The van der Waals surface area contributed by atoms with Crippen LogP contribution in [0.2, 0.25) is 0 Å². The number of fused-ring (bicyclic) bond motifs is 1. The smallest absolute Gasteiger partial charge is 0.143 e. The van der Waals surface area contributed by atoms with Crippen molar-refractivity contribution in [2.45, 2.75) is 52.4 Å². The van der Waals surface area contributed by atoms with Gasteiger partial charge >= 0.3 is 0 Å². The van der Waals surface area contributed by atoms with Crippen molar-refractivity contribution in [3.8, 4) is 0 Å². The molecule has 0 N–H and O–H groups in total. The largest absolute Gasteiger partial charge is 0.299 e. The fraction of sp³-hybridized carbons (Fsp3) is 0.875. The third kappa shape index (κ3) is 0.896. The molecule has 0 aliphatic heterocycles. The number of hydrogen-bond acceptors (Lipinski definition) is 2. The first-order valence-electron chi connectivity index (χ1n) is 7.63. The molecule has 0 unspecified atom stereocenters. The Morgan fingerprint density at radius 2 is 2.11 bits per heavy atom. The molecule has 0 radical (unpaired) electrons. The standard InChI is InChI=1S/C16H22O2/c1-9(2)14(18)16-11-7-10-5-3-4-6-15(10,16)8-12(17)13(11)16/h9-11,13H,3-8H2,1-2H3/t10-,11-,13-,15+,16-/m1/s1. The van der Waals surface area contributed by atoms with E-state index in [0.29, 0.717) is 23.4 Å². The quantitative estimate of drug-likeness (QED) is 0.750. The van der Waals surface area contributed by atoms with Gasteiger partial charge in [-0.05, 0) is 36.5 Å². The molecule has 0 heterocycles. The minimum Gasteiger partial charge on any atom is -0.299 e. The van der Waals surface area contributed by atoms with Crippen LogP contribution >= 0.6 is 0 Å². The number of carbonyl (C=O) groups excluding carboxylic acids is 2. The summed E-state index contributed by atoms with van der Waals surface area (Å²) in [5.74, 6) is 2.22. The van der Waals surface area contributed by atoms with Crippen molar-refractivity contribution in [2.75, 3.05) is 0 Å². The fourth-order valence-electron chi connectivity index (χ4n) is 6.30. The van der Waals surface area contributed by atoms with Crippen molar-refractivity contribution in [1.29, 1.82) is 0 Å². The first-order chi connectivity index (χ1) is 8.55. The summed E-state index contributed by atoms with van der Waals surface area (Å²) in [5, 5.41) is 0. The molecule has 18 heavy (non-hydrogen) atoms. The topological polar surface area (TPSA) is 34.1 Å². The average Bonchev–Trinajstić information content (AvgIpc) is 2.86. The van der Waals surface area contributed by atoms with Crippen LogP contribution in [0.1, 0.15) is 52.4 Å². The molecule has 0 amide bonds. The number of Topliss-reactive ketones (excluding diaryl/α,β-unsaturated/α-hetero) is 2. The second-order valence-electron chi connectivity index (χ2n) is 7.45. The van der Waals surface area contributed by atoms with E-state index in [-0.39, 0.29) is 22.7 Å². The number of carbonyl (C=O) groups is 2. The molecule has 1 spiro atoms. The van der Waals surface area contributed by atoms with Crippen LogP contribution in [0.25, 0.3) is 0 Å². The molecule has 4 fully saturated rings. The summed E-state index contributed by atoms with van der Waals surface area (Å²) in [4.78, 5) is 25.1. The van der Waals surface area contributed by atoms with E-state index in [9.17, 15) is 9.59 Å². The molecule has 4 aliphatic carbocycles. The molecule has 4 saturated carbocycles. The zero-order valence-corrected chi connectivity index (χ0v) is 11.4. The summed E-state index contributed by atoms with van der Waals surface area (Å²) in [6.45, 7) is 4.03. The van der Waals surface area contributed by atoms with Crippen LogP contribution in [0, 0.1) is 34.5 Å². The van der Waals surface area contributed by atoms with Crippen LogP contribution < -0.4 is 0 Å². The molecule has 98 valence electrons. The van der Waals surface area contributed by atoms with Gasteiger partial charge in [-0.3, -0.25) is 9.59 Å². The Morgan fingerprint density at radius 1 is 1.33 bits per heavy atom. The molecule has 2 heteroatoms. The van der Waals surface area contributed by atoms with Crippen molar-refractivity contribution in [3.05, 3.63) is 0 Å². The Labute approximate surface area is 109 Å². The van der Waals surface area contributed by atoms with Crippen LogP contribution in [0.5, 0.6) is 0 Å². The van der Waals surface area contributed by atoms with E-state index < -0.39 is 0 Å². The predicted molar refractivity (Wildman–Crippen MR) is 67.9 cm³/mol. The minimum atomic E-state index is -0.177. The number of rotatable bonds is 2. The molecule has 4 aliphatic rings. The Hall–Kier alpha value is -0.660. The lowest BCUT2D eigenvalue weighted by molar-refractivity contribution is -0.133. The van der Waals surface area contributed by atoms with E-state index in [1.807, 2.05) is 13.8 Å². The summed E-state index contributed by atoms with van der Waals surface area (Å²) in [6.07, 6.45) is 6.87. The molecule has 2 nitrogen and oxygen atoms in total. The summed E-state index contributed by atoms with van der Waals surface area (Å²) in [7, 11) is 0. The molecule has 0 bridgehead atoms. The van der Waals surface area contributed by atoms with Crippen molar-refractivity contribution < 1.29 is 9.59 Å². The van der Waals surface area contributed by atoms with Gasteiger partial charge in [-0.15, -0.1) is 0 Å². The normalized spacial score (nSPS) is 52.4. The van der Waals surface area contributed by atoms with E-state index in [1.165, 1.54) is 25.7 Å². The molecular weight excluding hydrogens is 224 g/mol. The number of ketones is 2. The van der Waals surface area contributed by atoms with E-state index in [1.54, 1.807) is 0 Å². The molecule has 5 atom stereocenters. The van der Waals surface area contributed by atoms with Crippen molar-refractivity contribution in [3.63, 3.8) is 0 Å². The fourth-order valence-corrected chi connectivity index (χ4v) is 6.30. The van der Waals surface area contributed by atoms with Gasteiger partial charge in [0.2, 0.25) is 0 Å². The second-order valence-corrected chi connectivity index (χ2v) is 7.45. The van der Waals surface area contributed by atoms with Gasteiger partial charge in [0.05, 0.1) is 0 Å². The van der Waals surface area contributed by atoms with E-state index in [2.05, 4.69) is 0 Å². The summed E-state index contributed by atoms with van der Waals surface area (Å²) in [6, 6.07) is 0. The summed E-state index contributed by atoms with van der Waals surface area (Å²) in [5.41, 5.74) is -0.0671. The van der Waals surface area contributed by atoms with Gasteiger partial charge in [0.15, 0.2) is 0 Å². The van der Waals surface area contributed by atoms with Crippen molar-refractivity contribution in [1.82, 2.24) is 0 Å². The molecule has 0 aromatic heterocycles. The van der Waals surface area contributed by atoms with Gasteiger partial charge in [-0.1, -0.05) is 26.7 Å². The molecule has 0 aromatic rings. The van der Waals surface area contributed by atoms with Gasteiger partial charge in [0.25, 0.3) is 0 Å². The lowest BCUT2D eigenvalue weighted by Crippen LogP contribution is -2.42. The Bertz CT molecular complexity index is 452. The van der Waals surface area contributed by atoms with E-state index in [4.69, 9.17) is 0 Å². The highest BCUT2D eigenvalue weighted by Gasteiger charge is 2.88. The highest BCUT2D eigenvalue weighted by atomic mass is 16.1. The first kappa shape index (κ1) is 11.2. The summed E-state index contributed by atoms with van der Waals surface area (Å²) >= 11 is 0. The zero-order chi connectivity index (χ0) is 12.7. The van der Waals surface area contributed by atoms with Gasteiger partial charge in [-0.2, -0.15) is 0 Å². The average molecular weight is 246 g/mol. The van der Waals surface area contributed by atoms with Gasteiger partial charge < -0.3 is 0 Å². The molecule has 0 saturated heterocycles. The van der Waals surface area contributed by atoms with E-state index >= 15 is 0 Å². The predicted octanol–water partition coefficient (Wildman–Crippen LogP) is 3.00. The SMILES string of the molecule is CC(C)C(=O)[C@]12[C@@H]3C[C@H]4CCCC[C@]41CC(=O)[C@@H]32. The lowest BCUT2D eigenvalue weighted by atomic mass is 9.59. The number of hydrogen-bond donors (Lipinski definition) is 0. The third-order valence-corrected chi connectivity index (χ3v) is 6.71. The Kier molecular flexibility index (Phi) is 1.91. The maximum atomic E-state index is 12.8. The molecule has 4 rings (SSSR count). The van der Waals surface area contributed by atoms with Crippen molar-refractivity contribution >= 4 is 11.6 Å². The van der Waals surface area contributed by atoms with Crippen LogP contribution in [-0.2, 0) is 9.59 Å². The first-order valence-corrected chi connectivity index (χ1v) is 7.63. The highest BCUT2D eigenvalue weighted by Crippen LogP contribution is 2.86. The summed E-state index contributed by atoms with van der Waals surface area (Å²) < 4.78 is 0. The Morgan fingerprint density at radius 3 is 2.83 bits per heavy atom. The van der Waals surface area contributed by atoms with Crippen LogP contribution in [0.4, 0.5) is 0 Å². The van der Waals surface area contributed by atoms with Crippen LogP contribution in [0.15, 0.2) is 0 Å². The zero-order valence-electron chi connectivity index (χ0n) is 11.4. The maximum Gasteiger partial charge on any atom is 0.143 e. The second kappa shape index (κ2) is 3.08. The highest BCUT2D eigenvalue weighted by molar-refractivity contribution is 6.05. The van der Waals surface area contributed by atoms with Crippen LogP contribution in [0.3, 0.4) is 0 Å². The molecule has 0 aromatic carbocycles. The van der Waals surface area contributed by atoms with Gasteiger partial charge in [0, 0.05) is 23.7 Å². The lowest BCUT2D eigenvalue weighted by Gasteiger charge is -2.43. The minimum absolute atomic E-state index is 0.0981. The maximum absolute atomic E-state index is 12.8. The van der Waals surface area contributed by atoms with Crippen molar-refractivity contribution in [2.24, 2.45) is 34.5 Å². The van der Waals surface area contributed by atoms with Gasteiger partial charge in [-0.25, -0.2) is 0 Å². The Balaban J connectivity index is 1.84. The monoisotopic (exact) mass is 246 g/mol. The van der Waals surface area contributed by atoms with E-state index in [0.717, 1.165) is 12.8 Å². The molecular formula is C16H22O2. The van der Waals surface area contributed by atoms with Gasteiger partial charge in [0.1, 0.15) is 11.6 Å².